The van der Waals surface area contributed by atoms with Crippen LogP contribution in [0, 0.1) is 6.92 Å². The molecule has 1 saturated heterocycles. The lowest BCUT2D eigenvalue weighted by Crippen LogP contribution is -2.45. The summed E-state index contributed by atoms with van der Waals surface area (Å²) in [5, 5.41) is 2.05. The molecule has 4 rings (SSSR count). The van der Waals surface area contributed by atoms with E-state index in [9.17, 15) is 4.79 Å². The number of ether oxygens (including phenoxy) is 1. The van der Waals surface area contributed by atoms with E-state index in [-0.39, 0.29) is 11.3 Å². The van der Waals surface area contributed by atoms with Crippen LogP contribution >= 0.6 is 11.3 Å². The van der Waals surface area contributed by atoms with E-state index in [1.807, 2.05) is 23.1 Å². The second-order valence-corrected chi connectivity index (χ2v) is 8.18. The Hall–Kier alpha value is -2.11. The molecule has 1 aromatic carbocycles. The third-order valence-corrected chi connectivity index (χ3v) is 6.65. The highest BCUT2D eigenvalue weighted by atomic mass is 32.1. The van der Waals surface area contributed by atoms with Crippen LogP contribution in [-0.4, -0.2) is 30.5 Å². The summed E-state index contributed by atoms with van der Waals surface area (Å²) in [5.74, 6) is 1.08. The molecular formula is C21H24N2O2S. The lowest BCUT2D eigenvalue weighted by molar-refractivity contribution is -0.127. The minimum atomic E-state index is 0.0331. The highest BCUT2D eigenvalue weighted by Gasteiger charge is 2.43. The van der Waals surface area contributed by atoms with Crippen molar-refractivity contribution in [1.82, 2.24) is 4.90 Å². The molecule has 0 aliphatic carbocycles. The van der Waals surface area contributed by atoms with Gasteiger partial charge in [-0.05, 0) is 54.5 Å². The summed E-state index contributed by atoms with van der Waals surface area (Å²) >= 11 is 1.66. The van der Waals surface area contributed by atoms with Crippen molar-refractivity contribution in [3.63, 3.8) is 0 Å². The van der Waals surface area contributed by atoms with Crippen LogP contribution in [0.15, 0.2) is 35.7 Å². The summed E-state index contributed by atoms with van der Waals surface area (Å²) in [5.41, 5.74) is 9.47. The van der Waals surface area contributed by atoms with E-state index in [0.717, 1.165) is 42.1 Å². The fourth-order valence-electron chi connectivity index (χ4n) is 3.91. The van der Waals surface area contributed by atoms with Crippen molar-refractivity contribution < 1.29 is 9.53 Å². The van der Waals surface area contributed by atoms with Crippen LogP contribution in [0.2, 0.25) is 0 Å². The Morgan fingerprint density at radius 1 is 1.35 bits per heavy atom. The minimum Gasteiger partial charge on any atom is -0.492 e. The second-order valence-electron chi connectivity index (χ2n) is 7.23. The van der Waals surface area contributed by atoms with Gasteiger partial charge in [-0.25, -0.2) is 0 Å². The Kier molecular flexibility index (Phi) is 4.59. The molecule has 2 aromatic rings. The molecule has 5 heteroatoms. The molecule has 1 amide bonds. The Morgan fingerprint density at radius 2 is 2.15 bits per heavy atom. The number of benzene rings is 1. The number of rotatable bonds is 3. The predicted molar refractivity (Wildman–Crippen MR) is 105 cm³/mol. The van der Waals surface area contributed by atoms with E-state index >= 15 is 0 Å². The monoisotopic (exact) mass is 368 g/mol. The quantitative estimate of drug-likeness (QED) is 0.844. The maximum absolute atomic E-state index is 12.5. The number of amides is 1. The Bertz CT molecular complexity index is 847. The predicted octanol–water partition coefficient (Wildman–Crippen LogP) is 3.48. The number of hydrogen-bond donors (Lipinski definition) is 1. The summed E-state index contributed by atoms with van der Waals surface area (Å²) in [6.07, 6.45) is 5.52. The zero-order chi connectivity index (χ0) is 18.1. The number of aryl methyl sites for hydroxylation is 1. The Balaban J connectivity index is 1.44. The number of piperidine rings is 1. The van der Waals surface area contributed by atoms with Gasteiger partial charge in [0.1, 0.15) is 5.75 Å². The van der Waals surface area contributed by atoms with Gasteiger partial charge in [0.2, 0.25) is 5.91 Å². The molecule has 3 heterocycles. The smallest absolute Gasteiger partial charge is 0.246 e. The van der Waals surface area contributed by atoms with Crippen LogP contribution < -0.4 is 10.5 Å². The van der Waals surface area contributed by atoms with Crippen molar-refractivity contribution in [2.24, 2.45) is 5.73 Å². The molecular weight excluding hydrogens is 344 g/mol. The first-order valence-corrected chi connectivity index (χ1v) is 9.97. The van der Waals surface area contributed by atoms with Gasteiger partial charge in [0.15, 0.2) is 0 Å². The number of hydrogen-bond acceptors (Lipinski definition) is 4. The van der Waals surface area contributed by atoms with Gasteiger partial charge < -0.3 is 15.4 Å². The molecule has 2 aliphatic rings. The molecule has 0 atom stereocenters. The average Bonchev–Trinajstić information content (AvgIpc) is 3.24. The molecule has 2 N–H and O–H groups in total. The molecule has 1 aromatic heterocycles. The van der Waals surface area contributed by atoms with Gasteiger partial charge in [-0.2, -0.15) is 0 Å². The van der Waals surface area contributed by atoms with Gasteiger partial charge in [0.05, 0.1) is 6.61 Å². The number of thiophene rings is 1. The molecule has 0 saturated carbocycles. The van der Waals surface area contributed by atoms with Crippen LogP contribution in [0.4, 0.5) is 0 Å². The van der Waals surface area contributed by atoms with E-state index in [2.05, 4.69) is 24.4 Å². The van der Waals surface area contributed by atoms with Crippen LogP contribution in [0.5, 0.6) is 5.75 Å². The molecule has 0 bridgehead atoms. The lowest BCUT2D eigenvalue weighted by atomic mass is 9.74. The molecule has 136 valence electrons. The van der Waals surface area contributed by atoms with E-state index < -0.39 is 0 Å². The van der Waals surface area contributed by atoms with E-state index in [1.165, 1.54) is 11.1 Å². The fourth-order valence-corrected chi connectivity index (χ4v) is 4.73. The second kappa shape index (κ2) is 6.89. The van der Waals surface area contributed by atoms with Gasteiger partial charge in [-0.3, -0.25) is 4.79 Å². The third kappa shape index (κ3) is 3.06. The summed E-state index contributed by atoms with van der Waals surface area (Å²) in [6, 6.07) is 8.34. The van der Waals surface area contributed by atoms with Crippen LogP contribution in [0.25, 0.3) is 6.08 Å². The van der Waals surface area contributed by atoms with Crippen LogP contribution in [0.1, 0.15) is 34.4 Å². The van der Waals surface area contributed by atoms with Crippen molar-refractivity contribution >= 4 is 23.3 Å². The Labute approximate surface area is 158 Å². The molecule has 2 aliphatic heterocycles. The molecule has 26 heavy (non-hydrogen) atoms. The first-order chi connectivity index (χ1) is 12.6. The maximum Gasteiger partial charge on any atom is 0.246 e. The van der Waals surface area contributed by atoms with Crippen molar-refractivity contribution in [3.8, 4) is 5.75 Å². The van der Waals surface area contributed by atoms with Gasteiger partial charge in [-0.15, -0.1) is 11.3 Å². The number of nitrogens with zero attached hydrogens (tertiary/aromatic N) is 1. The summed E-state index contributed by atoms with van der Waals surface area (Å²) in [7, 11) is 0. The molecule has 0 unspecified atom stereocenters. The molecule has 0 radical (unpaired) electrons. The van der Waals surface area contributed by atoms with Crippen molar-refractivity contribution in [3.05, 3.63) is 57.3 Å². The summed E-state index contributed by atoms with van der Waals surface area (Å²) in [6.45, 7) is 4.85. The highest BCUT2D eigenvalue weighted by molar-refractivity contribution is 7.11. The van der Waals surface area contributed by atoms with E-state index in [1.54, 1.807) is 17.4 Å². The molecule has 1 fully saturated rings. The van der Waals surface area contributed by atoms with E-state index in [0.29, 0.717) is 13.2 Å². The standard InChI is InChI=1S/C21H24N2O2S/c1-15-6-11-26-19(15)4-5-20(24)23-9-7-21(8-10-23)14-25-18-3-2-16(13-22)12-17(18)21/h2-6,11-12H,7-10,13-14,22H2,1H3/b5-4+. The largest absolute Gasteiger partial charge is 0.492 e. The zero-order valence-corrected chi connectivity index (χ0v) is 15.8. The number of likely N-dealkylation sites (tertiary alicyclic amines) is 1. The summed E-state index contributed by atoms with van der Waals surface area (Å²) < 4.78 is 5.94. The Morgan fingerprint density at radius 3 is 2.85 bits per heavy atom. The van der Waals surface area contributed by atoms with Crippen LogP contribution in [0.3, 0.4) is 0 Å². The third-order valence-electron chi connectivity index (χ3n) is 5.67. The van der Waals surface area contributed by atoms with Crippen molar-refractivity contribution in [1.29, 1.82) is 0 Å². The zero-order valence-electron chi connectivity index (χ0n) is 15.0. The lowest BCUT2D eigenvalue weighted by Gasteiger charge is -2.38. The molecule has 1 spiro atoms. The normalized spacial score (nSPS) is 18.3. The topological polar surface area (TPSA) is 55.6 Å². The molecule has 4 nitrogen and oxygen atoms in total. The number of carbonyl (C=O) groups is 1. The van der Waals surface area contributed by atoms with Crippen molar-refractivity contribution in [2.45, 2.75) is 31.7 Å². The highest BCUT2D eigenvalue weighted by Crippen LogP contribution is 2.45. The van der Waals surface area contributed by atoms with Gasteiger partial charge in [0.25, 0.3) is 0 Å². The first-order valence-electron chi connectivity index (χ1n) is 9.09. The SMILES string of the molecule is Cc1ccsc1/C=C/C(=O)N1CCC2(CC1)COc1ccc(CN)cc12. The van der Waals surface area contributed by atoms with E-state index in [4.69, 9.17) is 10.5 Å². The van der Waals surface area contributed by atoms with Crippen LogP contribution in [-0.2, 0) is 16.8 Å². The number of fused-ring (bicyclic) bond motifs is 2. The van der Waals surface area contributed by atoms with Gasteiger partial charge in [-0.1, -0.05) is 12.1 Å². The maximum atomic E-state index is 12.5. The van der Waals surface area contributed by atoms with Gasteiger partial charge >= 0.3 is 0 Å². The fraction of sp³-hybridized carbons (Fsp3) is 0.381. The summed E-state index contributed by atoms with van der Waals surface area (Å²) in [4.78, 5) is 15.7. The van der Waals surface area contributed by atoms with Gasteiger partial charge in [0, 0.05) is 41.6 Å². The number of nitrogens with two attached hydrogens (primary N) is 1. The van der Waals surface area contributed by atoms with Crippen molar-refractivity contribution in [2.75, 3.05) is 19.7 Å². The number of carbonyl (C=O) groups excluding carboxylic acids is 1. The first kappa shape index (κ1) is 17.3. The average molecular weight is 369 g/mol. The minimum absolute atomic E-state index is 0.0331.